The van der Waals surface area contributed by atoms with Crippen molar-refractivity contribution >= 4 is 77.2 Å². The Hall–Kier alpha value is -7.06. The molecular formula is C55H37N2OP. The number of hydrogen-bond donors (Lipinski definition) is 0. The van der Waals surface area contributed by atoms with Crippen LogP contribution in [0.5, 0.6) is 0 Å². The number of fused-ring (bicyclic) bond motifs is 6. The van der Waals surface area contributed by atoms with E-state index in [0.717, 1.165) is 56.0 Å². The Kier molecular flexibility index (Phi) is 7.48. The van der Waals surface area contributed by atoms with Crippen LogP contribution < -0.4 is 15.9 Å². The van der Waals surface area contributed by atoms with E-state index < -0.39 is 7.14 Å². The predicted octanol–water partition coefficient (Wildman–Crippen LogP) is 13.2. The first kappa shape index (κ1) is 34.0. The van der Waals surface area contributed by atoms with Crippen LogP contribution in [0.25, 0.3) is 93.2 Å². The molecule has 1 unspecified atom stereocenters. The minimum absolute atomic E-state index is 0.752. The van der Waals surface area contributed by atoms with Gasteiger partial charge in [0.2, 0.25) is 0 Å². The van der Waals surface area contributed by atoms with Crippen molar-refractivity contribution in [3.63, 3.8) is 0 Å². The summed E-state index contributed by atoms with van der Waals surface area (Å²) in [6.45, 7) is 2.15. The van der Waals surface area contributed by atoms with E-state index in [1.807, 2.05) is 42.5 Å². The highest BCUT2D eigenvalue weighted by Crippen LogP contribution is 2.51. The van der Waals surface area contributed by atoms with Gasteiger partial charge in [-0.2, -0.15) is 0 Å². The van der Waals surface area contributed by atoms with Crippen molar-refractivity contribution in [2.24, 2.45) is 0 Å². The number of imidazole rings is 1. The van der Waals surface area contributed by atoms with Crippen molar-refractivity contribution in [2.45, 2.75) is 13.3 Å². The first-order valence-electron chi connectivity index (χ1n) is 20.4. The van der Waals surface area contributed by atoms with Gasteiger partial charge in [0.15, 0.2) is 7.14 Å². The van der Waals surface area contributed by atoms with Gasteiger partial charge in [-0.05, 0) is 107 Å². The van der Waals surface area contributed by atoms with E-state index in [2.05, 4.69) is 163 Å². The molecule has 0 N–H and O–H groups in total. The van der Waals surface area contributed by atoms with Crippen LogP contribution in [0.15, 0.2) is 194 Å². The lowest BCUT2D eigenvalue weighted by Gasteiger charge is -2.29. The summed E-state index contributed by atoms with van der Waals surface area (Å²) in [6, 6.07) is 69.3. The van der Waals surface area contributed by atoms with Gasteiger partial charge in [-0.1, -0.05) is 171 Å². The number of rotatable bonds is 5. The Morgan fingerprint density at radius 2 is 1.02 bits per heavy atom. The molecule has 0 saturated carbocycles. The molecule has 3 nitrogen and oxygen atoms in total. The summed E-state index contributed by atoms with van der Waals surface area (Å²) < 4.78 is 18.1. The predicted molar refractivity (Wildman–Crippen MR) is 250 cm³/mol. The third-order valence-corrected chi connectivity index (χ3v) is 15.7. The van der Waals surface area contributed by atoms with Crippen molar-refractivity contribution in [1.82, 2.24) is 9.55 Å². The summed E-state index contributed by atoms with van der Waals surface area (Å²) in [7, 11) is -3.23. The zero-order chi connectivity index (χ0) is 39.2. The second-order valence-corrected chi connectivity index (χ2v) is 18.3. The van der Waals surface area contributed by atoms with Gasteiger partial charge in [0.25, 0.3) is 0 Å². The average molecular weight is 773 g/mol. The van der Waals surface area contributed by atoms with Crippen LogP contribution in [-0.2, 0) is 11.0 Å². The maximum Gasteiger partial charge on any atom is 0.175 e. The molecule has 12 rings (SSSR count). The number of nitrogens with zero attached hydrogens (tertiary/aromatic N) is 2. The monoisotopic (exact) mass is 772 g/mol. The Labute approximate surface area is 342 Å². The molecule has 1 aliphatic heterocycles. The van der Waals surface area contributed by atoms with E-state index in [-0.39, 0.29) is 0 Å². The first-order chi connectivity index (χ1) is 29.1. The highest BCUT2D eigenvalue weighted by molar-refractivity contribution is 7.86. The topological polar surface area (TPSA) is 34.9 Å². The third kappa shape index (κ3) is 4.89. The lowest BCUT2D eigenvalue weighted by molar-refractivity contribution is 0.592. The molecule has 0 amide bonds. The SMILES string of the molecule is CCc1nc2cccc3c2n1-c1cc(-c2ccc4c(-c5cccc6ccccc56)c5ccccc5c(-c5cccc6ccccc56)c4c2)ccc1P3(=O)c1ccccc1. The molecule has 0 radical (unpaired) electrons. The van der Waals surface area contributed by atoms with Crippen molar-refractivity contribution in [3.8, 4) is 39.1 Å². The molecule has 0 saturated heterocycles. The molecular weight excluding hydrogens is 736 g/mol. The van der Waals surface area contributed by atoms with Crippen LogP contribution in [0.3, 0.4) is 0 Å². The fourth-order valence-electron chi connectivity index (χ4n) is 9.93. The van der Waals surface area contributed by atoms with Gasteiger partial charge < -0.3 is 4.57 Å². The smallest absolute Gasteiger partial charge is 0.175 e. The summed E-state index contributed by atoms with van der Waals surface area (Å²) in [5.41, 5.74) is 9.84. The van der Waals surface area contributed by atoms with Gasteiger partial charge in [0.1, 0.15) is 5.82 Å². The van der Waals surface area contributed by atoms with E-state index in [1.54, 1.807) is 0 Å². The Morgan fingerprint density at radius 3 is 1.69 bits per heavy atom. The third-order valence-electron chi connectivity index (χ3n) is 12.5. The van der Waals surface area contributed by atoms with Crippen LogP contribution in [0, 0.1) is 0 Å². The standard InChI is InChI=1S/C55H37N2OP/c1-2-52-56-48-27-14-28-51-55(48)57(52)49-34-38(30-32-50(49)59(51,58)39-19-4-3-5-20-39)37-29-31-46-47(33-37)54(43-26-13-18-36-16-7-9-22-41(36)43)45-24-11-10-23-44(45)53(46)42-25-12-17-35-15-6-8-21-40(35)42/h3-34H,2H2,1H3. The van der Waals surface area contributed by atoms with Crippen LogP contribution >= 0.6 is 7.14 Å². The molecule has 10 aromatic carbocycles. The minimum Gasteiger partial charge on any atom is -0.308 e. The van der Waals surface area contributed by atoms with E-state index in [0.29, 0.717) is 0 Å². The fourth-order valence-corrected chi connectivity index (χ4v) is 12.9. The number of aryl methyl sites for hydroxylation is 1. The second-order valence-electron chi connectivity index (χ2n) is 15.6. The van der Waals surface area contributed by atoms with Gasteiger partial charge in [-0.25, -0.2) is 4.98 Å². The summed E-state index contributed by atoms with van der Waals surface area (Å²) in [6.07, 6.45) is 0.752. The van der Waals surface area contributed by atoms with Gasteiger partial charge in [0, 0.05) is 22.3 Å². The Bertz CT molecular complexity index is 3570. The normalized spacial score (nSPS) is 14.7. The van der Waals surface area contributed by atoms with E-state index in [9.17, 15) is 0 Å². The van der Waals surface area contributed by atoms with Crippen LogP contribution in [-0.4, -0.2) is 9.55 Å². The van der Waals surface area contributed by atoms with Gasteiger partial charge in [-0.3, -0.25) is 4.57 Å². The summed E-state index contributed by atoms with van der Waals surface area (Å²) in [5.74, 6) is 0.966. The van der Waals surface area contributed by atoms with Crippen LogP contribution in [0.2, 0.25) is 0 Å². The molecule has 59 heavy (non-hydrogen) atoms. The number of para-hydroxylation sites is 1. The number of benzene rings is 10. The second kappa shape index (κ2) is 13.0. The molecule has 0 fully saturated rings. The lowest BCUT2D eigenvalue weighted by atomic mass is 9.83. The van der Waals surface area contributed by atoms with Crippen molar-refractivity contribution in [3.05, 3.63) is 200 Å². The molecule has 11 aromatic rings. The molecule has 0 spiro atoms. The molecule has 1 aliphatic rings. The zero-order valence-electron chi connectivity index (χ0n) is 32.4. The maximum absolute atomic E-state index is 15.8. The van der Waals surface area contributed by atoms with Crippen molar-refractivity contribution in [2.75, 3.05) is 0 Å². The average Bonchev–Trinajstić information content (AvgIpc) is 3.69. The summed E-state index contributed by atoms with van der Waals surface area (Å²) in [4.78, 5) is 5.11. The highest BCUT2D eigenvalue weighted by Gasteiger charge is 2.39. The zero-order valence-corrected chi connectivity index (χ0v) is 33.3. The van der Waals surface area contributed by atoms with Gasteiger partial charge >= 0.3 is 0 Å². The van der Waals surface area contributed by atoms with Gasteiger partial charge in [-0.15, -0.1) is 0 Å². The molecule has 2 heterocycles. The quantitative estimate of drug-likeness (QED) is 0.129. The Balaban J connectivity index is 1.18. The van der Waals surface area contributed by atoms with Gasteiger partial charge in [0.05, 0.1) is 16.7 Å². The minimum atomic E-state index is -3.23. The molecule has 278 valence electrons. The summed E-state index contributed by atoms with van der Waals surface area (Å²) >= 11 is 0. The molecule has 0 aliphatic carbocycles. The van der Waals surface area contributed by atoms with Crippen molar-refractivity contribution in [1.29, 1.82) is 0 Å². The van der Waals surface area contributed by atoms with Crippen LogP contribution in [0.4, 0.5) is 0 Å². The maximum atomic E-state index is 15.8. The molecule has 1 aromatic heterocycles. The van der Waals surface area contributed by atoms with E-state index in [1.165, 1.54) is 65.3 Å². The lowest BCUT2D eigenvalue weighted by Crippen LogP contribution is -2.33. The summed E-state index contributed by atoms with van der Waals surface area (Å²) in [5, 5.41) is 12.3. The number of hydrogen-bond acceptors (Lipinski definition) is 2. The van der Waals surface area contributed by atoms with E-state index >= 15 is 4.57 Å². The molecule has 0 bridgehead atoms. The number of aromatic nitrogens is 2. The van der Waals surface area contributed by atoms with Crippen LogP contribution in [0.1, 0.15) is 12.7 Å². The molecule has 1 atom stereocenters. The first-order valence-corrected chi connectivity index (χ1v) is 22.1. The largest absolute Gasteiger partial charge is 0.308 e. The fraction of sp³-hybridized carbons (Fsp3) is 0.0364. The van der Waals surface area contributed by atoms with Crippen molar-refractivity contribution < 1.29 is 4.57 Å². The Morgan fingerprint density at radius 1 is 0.475 bits per heavy atom. The molecule has 4 heteroatoms. The van der Waals surface area contributed by atoms with E-state index in [4.69, 9.17) is 4.98 Å². The highest BCUT2D eigenvalue weighted by atomic mass is 31.2.